The molecule has 1 aromatic rings. The van der Waals surface area contributed by atoms with Crippen LogP contribution >= 0.6 is 0 Å². The Labute approximate surface area is 116 Å². The van der Waals surface area contributed by atoms with E-state index in [-0.39, 0.29) is 11.8 Å². The van der Waals surface area contributed by atoms with Gasteiger partial charge in [0, 0.05) is 12.6 Å². The van der Waals surface area contributed by atoms with Crippen LogP contribution in [0.2, 0.25) is 0 Å². The van der Waals surface area contributed by atoms with Crippen molar-refractivity contribution in [2.75, 3.05) is 18.5 Å². The van der Waals surface area contributed by atoms with Crippen LogP contribution in [0.4, 0.5) is 19.1 Å². The van der Waals surface area contributed by atoms with Gasteiger partial charge in [-0.1, -0.05) is 26.2 Å². The summed E-state index contributed by atoms with van der Waals surface area (Å²) in [5, 5.41) is 2.67. The summed E-state index contributed by atoms with van der Waals surface area (Å²) in [4.78, 5) is 7.33. The summed E-state index contributed by atoms with van der Waals surface area (Å²) < 4.78 is 43.4. The van der Waals surface area contributed by atoms with Crippen molar-refractivity contribution in [2.24, 2.45) is 0 Å². The van der Waals surface area contributed by atoms with Gasteiger partial charge >= 0.3 is 6.18 Å². The lowest BCUT2D eigenvalue weighted by Gasteiger charge is -2.11. The fourth-order valence-corrected chi connectivity index (χ4v) is 1.59. The van der Waals surface area contributed by atoms with Crippen molar-refractivity contribution in [3.8, 4) is 5.88 Å². The Morgan fingerprint density at radius 1 is 1.15 bits per heavy atom. The highest BCUT2D eigenvalue weighted by atomic mass is 19.4. The minimum atomic E-state index is -4.51. The second-order valence-electron chi connectivity index (χ2n) is 4.35. The molecule has 0 fully saturated rings. The van der Waals surface area contributed by atoms with E-state index in [1.54, 1.807) is 6.92 Å². The molecule has 114 valence electrons. The summed E-state index contributed by atoms with van der Waals surface area (Å²) in [7, 11) is 0. The van der Waals surface area contributed by atoms with Crippen LogP contribution in [-0.2, 0) is 6.18 Å². The lowest BCUT2D eigenvalue weighted by molar-refractivity contribution is -0.141. The first kappa shape index (κ1) is 16.5. The Hall–Kier alpha value is -1.53. The molecule has 0 saturated heterocycles. The maximum Gasteiger partial charge on any atom is 0.433 e. The fourth-order valence-electron chi connectivity index (χ4n) is 1.59. The monoisotopic (exact) mass is 291 g/mol. The Bertz CT molecular complexity index is 410. The van der Waals surface area contributed by atoms with E-state index in [4.69, 9.17) is 4.74 Å². The molecule has 0 radical (unpaired) electrons. The molecule has 0 saturated carbocycles. The summed E-state index contributed by atoms with van der Waals surface area (Å²) >= 11 is 0. The van der Waals surface area contributed by atoms with Gasteiger partial charge in [-0.25, -0.2) is 4.98 Å². The molecule has 0 atom stereocenters. The molecule has 1 heterocycles. The van der Waals surface area contributed by atoms with Gasteiger partial charge in [0.1, 0.15) is 0 Å². The van der Waals surface area contributed by atoms with Gasteiger partial charge < -0.3 is 10.1 Å². The lowest BCUT2D eigenvalue weighted by atomic mass is 10.2. The molecular weight excluding hydrogens is 271 g/mol. The third kappa shape index (κ3) is 5.63. The van der Waals surface area contributed by atoms with Crippen LogP contribution in [-0.4, -0.2) is 23.1 Å². The van der Waals surface area contributed by atoms with Gasteiger partial charge in [0.05, 0.1) is 6.61 Å². The molecule has 1 N–H and O–H groups in total. The number of anilines is 1. The molecule has 0 spiro atoms. The number of nitrogens with zero attached hydrogens (tertiary/aromatic N) is 2. The number of rotatable bonds is 8. The molecule has 0 aromatic carbocycles. The average Bonchev–Trinajstić information content (AvgIpc) is 2.38. The van der Waals surface area contributed by atoms with Crippen LogP contribution in [0.25, 0.3) is 0 Å². The summed E-state index contributed by atoms with van der Waals surface area (Å²) in [5.41, 5.74) is -0.994. The summed E-state index contributed by atoms with van der Waals surface area (Å²) in [5.74, 6) is -0.106. The van der Waals surface area contributed by atoms with Crippen molar-refractivity contribution in [1.82, 2.24) is 9.97 Å². The zero-order valence-corrected chi connectivity index (χ0v) is 11.8. The Balaban J connectivity index is 2.71. The summed E-state index contributed by atoms with van der Waals surface area (Å²) in [6.45, 7) is 4.65. The van der Waals surface area contributed by atoms with Gasteiger partial charge in [0.25, 0.3) is 0 Å². The van der Waals surface area contributed by atoms with Crippen LogP contribution in [0.5, 0.6) is 5.88 Å². The van der Waals surface area contributed by atoms with E-state index in [1.165, 1.54) is 0 Å². The van der Waals surface area contributed by atoms with Crippen LogP contribution in [0, 0.1) is 0 Å². The second kappa shape index (κ2) is 7.91. The van der Waals surface area contributed by atoms with Gasteiger partial charge in [0.2, 0.25) is 11.8 Å². The highest BCUT2D eigenvalue weighted by Crippen LogP contribution is 2.30. The quantitative estimate of drug-likeness (QED) is 0.738. The molecule has 20 heavy (non-hydrogen) atoms. The molecule has 0 unspecified atom stereocenters. The maximum absolute atomic E-state index is 12.7. The molecule has 1 rings (SSSR count). The predicted molar refractivity (Wildman–Crippen MR) is 70.8 cm³/mol. The first-order valence-corrected chi connectivity index (χ1v) is 6.80. The van der Waals surface area contributed by atoms with Crippen LogP contribution in [0.1, 0.15) is 45.2 Å². The SMILES string of the molecule is CCCCCCOc1cc(C(F)(F)F)nc(NCC)n1. The van der Waals surface area contributed by atoms with Gasteiger partial charge in [-0.2, -0.15) is 18.2 Å². The van der Waals surface area contributed by atoms with Crippen molar-refractivity contribution in [1.29, 1.82) is 0 Å². The number of unbranched alkanes of at least 4 members (excludes halogenated alkanes) is 3. The first-order valence-electron chi connectivity index (χ1n) is 6.80. The molecule has 0 bridgehead atoms. The van der Waals surface area contributed by atoms with E-state index in [1.807, 2.05) is 0 Å². The molecule has 1 aromatic heterocycles. The number of alkyl halides is 3. The van der Waals surface area contributed by atoms with E-state index < -0.39 is 11.9 Å². The molecule has 0 aliphatic heterocycles. The standard InChI is InChI=1S/C13H20F3N3O/c1-3-5-6-7-8-20-11-9-10(13(14,15)16)18-12(19-11)17-4-2/h9H,3-8H2,1-2H3,(H,17,18,19). The minimum absolute atomic E-state index is 0.0419. The van der Waals surface area contributed by atoms with E-state index >= 15 is 0 Å². The van der Waals surface area contributed by atoms with E-state index in [0.29, 0.717) is 13.2 Å². The Morgan fingerprint density at radius 3 is 2.50 bits per heavy atom. The van der Waals surface area contributed by atoms with Crippen molar-refractivity contribution < 1.29 is 17.9 Å². The number of hydrogen-bond acceptors (Lipinski definition) is 4. The Kier molecular flexibility index (Phi) is 6.54. The van der Waals surface area contributed by atoms with Crippen molar-refractivity contribution >= 4 is 5.95 Å². The van der Waals surface area contributed by atoms with Gasteiger partial charge in [0.15, 0.2) is 5.69 Å². The molecule has 0 amide bonds. The normalized spacial score (nSPS) is 11.4. The van der Waals surface area contributed by atoms with Gasteiger partial charge in [-0.15, -0.1) is 0 Å². The highest BCUT2D eigenvalue weighted by Gasteiger charge is 2.34. The Morgan fingerprint density at radius 2 is 1.90 bits per heavy atom. The molecule has 7 heteroatoms. The lowest BCUT2D eigenvalue weighted by Crippen LogP contribution is -2.13. The molecule has 0 aliphatic rings. The number of aromatic nitrogens is 2. The van der Waals surface area contributed by atoms with Gasteiger partial charge in [-0.3, -0.25) is 0 Å². The summed E-state index contributed by atoms with van der Waals surface area (Å²) in [6, 6.07) is 0.834. The second-order valence-corrected chi connectivity index (χ2v) is 4.35. The number of hydrogen-bond donors (Lipinski definition) is 1. The predicted octanol–water partition coefficient (Wildman–Crippen LogP) is 3.89. The minimum Gasteiger partial charge on any atom is -0.478 e. The molecule has 4 nitrogen and oxygen atoms in total. The number of halogens is 3. The van der Waals surface area contributed by atoms with Crippen LogP contribution < -0.4 is 10.1 Å². The average molecular weight is 291 g/mol. The topological polar surface area (TPSA) is 47.0 Å². The van der Waals surface area contributed by atoms with E-state index in [2.05, 4.69) is 22.2 Å². The first-order chi connectivity index (χ1) is 9.47. The molecular formula is C13H20F3N3O. The third-order valence-corrected chi connectivity index (χ3v) is 2.58. The van der Waals surface area contributed by atoms with E-state index in [9.17, 15) is 13.2 Å². The maximum atomic E-state index is 12.7. The van der Waals surface area contributed by atoms with Crippen LogP contribution in [0.3, 0.4) is 0 Å². The number of nitrogens with one attached hydrogen (secondary N) is 1. The molecule has 0 aliphatic carbocycles. The zero-order valence-electron chi connectivity index (χ0n) is 11.8. The van der Waals surface area contributed by atoms with Crippen molar-refractivity contribution in [2.45, 2.75) is 45.7 Å². The van der Waals surface area contributed by atoms with Gasteiger partial charge in [-0.05, 0) is 13.3 Å². The van der Waals surface area contributed by atoms with E-state index in [0.717, 1.165) is 31.7 Å². The largest absolute Gasteiger partial charge is 0.478 e. The van der Waals surface area contributed by atoms with Crippen molar-refractivity contribution in [3.63, 3.8) is 0 Å². The smallest absolute Gasteiger partial charge is 0.433 e. The zero-order chi connectivity index (χ0) is 15.0. The van der Waals surface area contributed by atoms with Crippen LogP contribution in [0.15, 0.2) is 6.07 Å². The number of ether oxygens (including phenoxy) is 1. The highest BCUT2D eigenvalue weighted by molar-refractivity contribution is 5.31. The third-order valence-electron chi connectivity index (χ3n) is 2.58. The fraction of sp³-hybridized carbons (Fsp3) is 0.692. The van der Waals surface area contributed by atoms with Crippen molar-refractivity contribution in [3.05, 3.63) is 11.8 Å². The summed E-state index contributed by atoms with van der Waals surface area (Å²) in [6.07, 6.45) is -0.531.